The topological polar surface area (TPSA) is 126 Å². The Hall–Kier alpha value is -2.97. The standard InChI is InChI=1S/C21H24O8/c1-27-16-9-12(8-14(18(16)24)21(25)26)19-15(10-23)13-6-11(4-3-5-22)7-17(28-2)20(13)29-19/h6-9,15,19,22-24H,3-5,10H2,1-2H3,(H,25,26). The van der Waals surface area contributed by atoms with Gasteiger partial charge in [0, 0.05) is 12.2 Å². The van der Waals surface area contributed by atoms with Crippen molar-refractivity contribution >= 4 is 5.97 Å². The number of ether oxygens (including phenoxy) is 3. The summed E-state index contributed by atoms with van der Waals surface area (Å²) in [6.45, 7) is -0.177. The smallest absolute Gasteiger partial charge is 0.339 e. The molecule has 4 N–H and O–H groups in total. The highest BCUT2D eigenvalue weighted by molar-refractivity contribution is 5.92. The van der Waals surface area contributed by atoms with Crippen LogP contribution in [-0.4, -0.2) is 53.8 Å². The van der Waals surface area contributed by atoms with Crippen molar-refractivity contribution in [3.63, 3.8) is 0 Å². The number of aromatic carboxylic acids is 1. The molecule has 8 nitrogen and oxygen atoms in total. The molecule has 1 heterocycles. The van der Waals surface area contributed by atoms with Crippen LogP contribution in [0, 0.1) is 0 Å². The van der Waals surface area contributed by atoms with Crippen LogP contribution in [0.25, 0.3) is 0 Å². The van der Waals surface area contributed by atoms with Crippen LogP contribution in [0.1, 0.15) is 45.5 Å². The minimum absolute atomic E-state index is 0.00625. The van der Waals surface area contributed by atoms with Crippen LogP contribution in [0.5, 0.6) is 23.0 Å². The van der Waals surface area contributed by atoms with E-state index in [4.69, 9.17) is 19.3 Å². The average molecular weight is 404 g/mol. The molecule has 0 fully saturated rings. The molecule has 29 heavy (non-hydrogen) atoms. The van der Waals surface area contributed by atoms with Crippen LogP contribution in [0.4, 0.5) is 0 Å². The molecule has 0 bridgehead atoms. The first kappa shape index (κ1) is 20.8. The third-order valence-electron chi connectivity index (χ3n) is 5.07. The third kappa shape index (κ3) is 3.81. The largest absolute Gasteiger partial charge is 0.504 e. The fourth-order valence-corrected chi connectivity index (χ4v) is 3.64. The highest BCUT2D eigenvalue weighted by Crippen LogP contribution is 2.51. The predicted molar refractivity (Wildman–Crippen MR) is 103 cm³/mol. The van der Waals surface area contributed by atoms with Crippen molar-refractivity contribution in [2.75, 3.05) is 27.4 Å². The van der Waals surface area contributed by atoms with Gasteiger partial charge in [-0.1, -0.05) is 6.07 Å². The lowest BCUT2D eigenvalue weighted by Gasteiger charge is -2.19. The summed E-state index contributed by atoms with van der Waals surface area (Å²) < 4.78 is 16.7. The highest BCUT2D eigenvalue weighted by Gasteiger charge is 2.38. The Morgan fingerprint density at radius 2 is 1.83 bits per heavy atom. The molecule has 0 aliphatic carbocycles. The van der Waals surface area contributed by atoms with E-state index < -0.39 is 23.7 Å². The van der Waals surface area contributed by atoms with Gasteiger partial charge in [0.25, 0.3) is 0 Å². The van der Waals surface area contributed by atoms with Crippen LogP contribution >= 0.6 is 0 Å². The van der Waals surface area contributed by atoms with E-state index in [0.717, 1.165) is 11.1 Å². The quantitative estimate of drug-likeness (QED) is 0.528. The van der Waals surface area contributed by atoms with Gasteiger partial charge in [-0.3, -0.25) is 0 Å². The van der Waals surface area contributed by atoms with E-state index in [9.17, 15) is 20.1 Å². The second kappa shape index (κ2) is 8.59. The zero-order valence-electron chi connectivity index (χ0n) is 16.2. The summed E-state index contributed by atoms with van der Waals surface area (Å²) in [4.78, 5) is 11.5. The van der Waals surface area contributed by atoms with Gasteiger partial charge >= 0.3 is 5.97 Å². The van der Waals surface area contributed by atoms with E-state index in [1.54, 1.807) is 0 Å². The maximum Gasteiger partial charge on any atom is 0.339 e. The average Bonchev–Trinajstić information content (AvgIpc) is 3.10. The van der Waals surface area contributed by atoms with E-state index in [0.29, 0.717) is 29.9 Å². The van der Waals surface area contributed by atoms with E-state index in [1.807, 2.05) is 12.1 Å². The highest BCUT2D eigenvalue weighted by atomic mass is 16.5. The molecule has 8 heteroatoms. The Kier molecular flexibility index (Phi) is 6.14. The zero-order chi connectivity index (χ0) is 21.1. The molecule has 0 saturated heterocycles. The second-order valence-electron chi connectivity index (χ2n) is 6.80. The van der Waals surface area contributed by atoms with E-state index in [2.05, 4.69) is 0 Å². The number of carbonyl (C=O) groups is 1. The molecule has 2 aromatic rings. The summed E-state index contributed by atoms with van der Waals surface area (Å²) in [5, 5.41) is 38.7. The number of aryl methyl sites for hydroxylation is 1. The van der Waals surface area contributed by atoms with Crippen LogP contribution in [-0.2, 0) is 6.42 Å². The number of hydrogen-bond acceptors (Lipinski definition) is 7. The Labute approximate surface area is 167 Å². The van der Waals surface area contributed by atoms with Gasteiger partial charge < -0.3 is 34.6 Å². The molecule has 0 radical (unpaired) electrons. The Morgan fingerprint density at radius 3 is 2.41 bits per heavy atom. The van der Waals surface area contributed by atoms with Crippen molar-refractivity contribution in [1.82, 2.24) is 0 Å². The first-order chi connectivity index (χ1) is 13.9. The number of fused-ring (bicyclic) bond motifs is 1. The summed E-state index contributed by atoms with van der Waals surface area (Å²) in [6.07, 6.45) is 0.538. The summed E-state index contributed by atoms with van der Waals surface area (Å²) in [5.74, 6) is -1.25. The molecular formula is C21H24O8. The van der Waals surface area contributed by atoms with Gasteiger partial charge in [0.1, 0.15) is 11.7 Å². The lowest BCUT2D eigenvalue weighted by Crippen LogP contribution is -2.14. The van der Waals surface area contributed by atoms with Gasteiger partial charge in [-0.15, -0.1) is 0 Å². The molecule has 0 saturated carbocycles. The second-order valence-corrected chi connectivity index (χ2v) is 6.80. The number of carboxylic acid groups (broad SMARTS) is 1. The van der Waals surface area contributed by atoms with Gasteiger partial charge in [0.15, 0.2) is 23.0 Å². The number of hydrogen-bond donors (Lipinski definition) is 4. The van der Waals surface area contributed by atoms with Crippen molar-refractivity contribution in [2.24, 2.45) is 0 Å². The van der Waals surface area contributed by atoms with Gasteiger partial charge in [-0.05, 0) is 42.2 Å². The Bertz CT molecular complexity index is 908. The van der Waals surface area contributed by atoms with Gasteiger partial charge in [-0.2, -0.15) is 0 Å². The number of methoxy groups -OCH3 is 2. The molecule has 0 amide bonds. The van der Waals surface area contributed by atoms with E-state index >= 15 is 0 Å². The van der Waals surface area contributed by atoms with Crippen molar-refractivity contribution in [2.45, 2.75) is 24.9 Å². The van der Waals surface area contributed by atoms with E-state index in [1.165, 1.54) is 26.4 Å². The monoisotopic (exact) mass is 404 g/mol. The molecule has 2 unspecified atom stereocenters. The van der Waals surface area contributed by atoms with Crippen molar-refractivity contribution in [1.29, 1.82) is 0 Å². The number of benzene rings is 2. The molecule has 0 aromatic heterocycles. The number of phenols is 1. The molecule has 0 spiro atoms. The summed E-state index contributed by atoms with van der Waals surface area (Å²) in [5.41, 5.74) is 1.82. The molecule has 156 valence electrons. The third-order valence-corrected chi connectivity index (χ3v) is 5.07. The number of aliphatic hydroxyl groups is 2. The van der Waals surface area contributed by atoms with Crippen LogP contribution in [0.2, 0.25) is 0 Å². The fraction of sp³-hybridized carbons (Fsp3) is 0.381. The SMILES string of the molecule is COc1cc(C2Oc3c(OC)cc(CCCO)cc3C2CO)cc(C(=O)O)c1O. The van der Waals surface area contributed by atoms with Crippen molar-refractivity contribution < 1.29 is 39.4 Å². The first-order valence-corrected chi connectivity index (χ1v) is 9.18. The Balaban J connectivity index is 2.08. The normalized spacial score (nSPS) is 17.5. The molecule has 1 aliphatic rings. The maximum absolute atomic E-state index is 11.5. The van der Waals surface area contributed by atoms with Gasteiger partial charge in [0.2, 0.25) is 0 Å². The molecule has 3 rings (SSSR count). The molecule has 1 aliphatic heterocycles. The molecule has 2 aromatic carbocycles. The maximum atomic E-state index is 11.5. The lowest BCUT2D eigenvalue weighted by atomic mass is 9.89. The van der Waals surface area contributed by atoms with E-state index in [-0.39, 0.29) is 24.5 Å². The van der Waals surface area contributed by atoms with Crippen molar-refractivity contribution in [3.05, 3.63) is 46.5 Å². The Morgan fingerprint density at radius 1 is 1.10 bits per heavy atom. The van der Waals surface area contributed by atoms with Crippen LogP contribution < -0.4 is 14.2 Å². The molecular weight excluding hydrogens is 380 g/mol. The fourth-order valence-electron chi connectivity index (χ4n) is 3.64. The minimum Gasteiger partial charge on any atom is -0.504 e. The number of aliphatic hydroxyl groups excluding tert-OH is 2. The number of carboxylic acids is 1. The predicted octanol–water partition coefficient (Wildman–Crippen LogP) is 2.24. The molecule has 2 atom stereocenters. The number of aromatic hydroxyl groups is 1. The van der Waals surface area contributed by atoms with Crippen molar-refractivity contribution in [3.8, 4) is 23.0 Å². The number of rotatable bonds is 8. The zero-order valence-corrected chi connectivity index (χ0v) is 16.2. The summed E-state index contributed by atoms with van der Waals surface area (Å²) in [6, 6.07) is 6.55. The summed E-state index contributed by atoms with van der Waals surface area (Å²) >= 11 is 0. The minimum atomic E-state index is -1.30. The van der Waals surface area contributed by atoms with Crippen LogP contribution in [0.15, 0.2) is 24.3 Å². The van der Waals surface area contributed by atoms with Gasteiger partial charge in [-0.25, -0.2) is 4.79 Å². The van der Waals surface area contributed by atoms with Gasteiger partial charge in [0.05, 0.1) is 26.7 Å². The first-order valence-electron chi connectivity index (χ1n) is 9.18. The summed E-state index contributed by atoms with van der Waals surface area (Å²) in [7, 11) is 2.84. The van der Waals surface area contributed by atoms with Crippen LogP contribution in [0.3, 0.4) is 0 Å². The lowest BCUT2D eigenvalue weighted by molar-refractivity contribution is 0.0692.